The van der Waals surface area contributed by atoms with Crippen LogP contribution in [-0.4, -0.2) is 36.5 Å². The maximum absolute atomic E-state index is 11.3. The van der Waals surface area contributed by atoms with Gasteiger partial charge in [0.1, 0.15) is 0 Å². The quantitative estimate of drug-likeness (QED) is 0.774. The standard InChI is InChI=1S/C15H23N3O/c1-12(16)15(19)17-8-4-9-18-10-7-13-5-2-3-6-14(13)11-18/h2-3,5-6,12H,4,7-11,16H2,1H3,(H,17,19). The summed E-state index contributed by atoms with van der Waals surface area (Å²) in [5, 5.41) is 2.85. The van der Waals surface area contributed by atoms with Crippen molar-refractivity contribution in [3.63, 3.8) is 0 Å². The second kappa shape index (κ2) is 6.68. The number of carbonyl (C=O) groups is 1. The highest BCUT2D eigenvalue weighted by Gasteiger charge is 2.15. The van der Waals surface area contributed by atoms with Crippen LogP contribution in [0.2, 0.25) is 0 Å². The van der Waals surface area contributed by atoms with Crippen LogP contribution in [0.3, 0.4) is 0 Å². The van der Waals surface area contributed by atoms with Crippen molar-refractivity contribution >= 4 is 5.91 Å². The molecule has 4 heteroatoms. The number of nitrogens with two attached hydrogens (primary N) is 1. The lowest BCUT2D eigenvalue weighted by molar-refractivity contribution is -0.121. The molecule has 0 saturated heterocycles. The Balaban J connectivity index is 1.70. The molecular weight excluding hydrogens is 238 g/mol. The van der Waals surface area contributed by atoms with E-state index in [-0.39, 0.29) is 5.91 Å². The largest absolute Gasteiger partial charge is 0.355 e. The van der Waals surface area contributed by atoms with Crippen LogP contribution in [-0.2, 0) is 17.8 Å². The van der Waals surface area contributed by atoms with Crippen LogP contribution in [0.1, 0.15) is 24.5 Å². The van der Waals surface area contributed by atoms with Crippen LogP contribution in [0.25, 0.3) is 0 Å². The van der Waals surface area contributed by atoms with Crippen molar-refractivity contribution in [1.29, 1.82) is 0 Å². The summed E-state index contributed by atoms with van der Waals surface area (Å²) >= 11 is 0. The van der Waals surface area contributed by atoms with Gasteiger partial charge in [-0.25, -0.2) is 0 Å². The minimum atomic E-state index is -0.415. The first-order chi connectivity index (χ1) is 9.16. The molecule has 1 unspecified atom stereocenters. The summed E-state index contributed by atoms with van der Waals surface area (Å²) in [5.41, 5.74) is 8.41. The normalized spacial score (nSPS) is 16.7. The highest BCUT2D eigenvalue weighted by molar-refractivity contribution is 5.80. The van der Waals surface area contributed by atoms with E-state index in [4.69, 9.17) is 5.73 Å². The van der Waals surface area contributed by atoms with E-state index < -0.39 is 6.04 Å². The van der Waals surface area contributed by atoms with Gasteiger partial charge in [0, 0.05) is 26.2 Å². The Kier molecular flexibility index (Phi) is 4.93. The Hall–Kier alpha value is -1.39. The van der Waals surface area contributed by atoms with Crippen molar-refractivity contribution in [1.82, 2.24) is 10.2 Å². The summed E-state index contributed by atoms with van der Waals surface area (Å²) in [6.07, 6.45) is 2.10. The highest BCUT2D eigenvalue weighted by Crippen LogP contribution is 2.18. The van der Waals surface area contributed by atoms with Crippen molar-refractivity contribution < 1.29 is 4.79 Å². The van der Waals surface area contributed by atoms with E-state index in [0.29, 0.717) is 6.54 Å². The smallest absolute Gasteiger partial charge is 0.236 e. The van der Waals surface area contributed by atoms with Crippen molar-refractivity contribution in [2.45, 2.75) is 32.4 Å². The third kappa shape index (κ3) is 4.04. The van der Waals surface area contributed by atoms with Gasteiger partial charge in [0.2, 0.25) is 5.91 Å². The predicted octanol–water partition coefficient (Wildman–Crippen LogP) is 0.898. The molecule has 1 heterocycles. The summed E-state index contributed by atoms with van der Waals surface area (Å²) in [7, 11) is 0. The second-order valence-corrected chi connectivity index (χ2v) is 5.23. The zero-order valence-corrected chi connectivity index (χ0v) is 11.6. The number of hydrogen-bond acceptors (Lipinski definition) is 3. The molecule has 0 radical (unpaired) electrons. The highest BCUT2D eigenvalue weighted by atomic mass is 16.2. The molecule has 0 spiro atoms. The maximum atomic E-state index is 11.3. The van der Waals surface area contributed by atoms with Gasteiger partial charge in [-0.1, -0.05) is 24.3 Å². The topological polar surface area (TPSA) is 58.4 Å². The molecule has 1 aromatic rings. The molecule has 0 saturated carbocycles. The summed E-state index contributed by atoms with van der Waals surface area (Å²) in [6.45, 7) is 5.57. The van der Waals surface area contributed by atoms with Crippen molar-refractivity contribution in [2.24, 2.45) is 5.73 Å². The lowest BCUT2D eigenvalue weighted by Crippen LogP contribution is -2.40. The summed E-state index contributed by atoms with van der Waals surface area (Å²) < 4.78 is 0. The summed E-state index contributed by atoms with van der Waals surface area (Å²) in [4.78, 5) is 13.8. The maximum Gasteiger partial charge on any atom is 0.236 e. The summed E-state index contributed by atoms with van der Waals surface area (Å²) in [6, 6.07) is 8.22. The molecule has 1 aromatic carbocycles. The molecule has 1 aliphatic rings. The molecule has 3 N–H and O–H groups in total. The van der Waals surface area contributed by atoms with Gasteiger partial charge in [-0.05, 0) is 30.9 Å². The van der Waals surface area contributed by atoms with E-state index in [0.717, 1.165) is 32.5 Å². The first kappa shape index (κ1) is 14.0. The third-order valence-corrected chi connectivity index (χ3v) is 3.57. The Morgan fingerprint density at radius 2 is 2.16 bits per heavy atom. The minimum Gasteiger partial charge on any atom is -0.355 e. The van der Waals surface area contributed by atoms with Gasteiger partial charge in [0.15, 0.2) is 0 Å². The molecule has 1 aliphatic heterocycles. The monoisotopic (exact) mass is 261 g/mol. The van der Waals surface area contributed by atoms with E-state index >= 15 is 0 Å². The van der Waals surface area contributed by atoms with Crippen LogP contribution in [0.4, 0.5) is 0 Å². The van der Waals surface area contributed by atoms with Gasteiger partial charge < -0.3 is 11.1 Å². The number of hydrogen-bond donors (Lipinski definition) is 2. The number of rotatable bonds is 5. The number of nitrogens with one attached hydrogen (secondary N) is 1. The average Bonchev–Trinajstić information content (AvgIpc) is 2.43. The van der Waals surface area contributed by atoms with Gasteiger partial charge in [-0.15, -0.1) is 0 Å². The number of fused-ring (bicyclic) bond motifs is 1. The Labute approximate surface area is 115 Å². The average molecular weight is 261 g/mol. The zero-order valence-electron chi connectivity index (χ0n) is 11.6. The minimum absolute atomic E-state index is 0.0658. The number of benzene rings is 1. The van der Waals surface area contributed by atoms with Gasteiger partial charge in [-0.2, -0.15) is 0 Å². The first-order valence-corrected chi connectivity index (χ1v) is 6.99. The van der Waals surface area contributed by atoms with Crippen LogP contribution >= 0.6 is 0 Å². The predicted molar refractivity (Wildman–Crippen MR) is 76.7 cm³/mol. The van der Waals surface area contributed by atoms with E-state index in [1.165, 1.54) is 11.1 Å². The Morgan fingerprint density at radius 1 is 1.42 bits per heavy atom. The van der Waals surface area contributed by atoms with Gasteiger partial charge in [0.05, 0.1) is 6.04 Å². The van der Waals surface area contributed by atoms with Crippen molar-refractivity contribution in [3.05, 3.63) is 35.4 Å². The zero-order chi connectivity index (χ0) is 13.7. The first-order valence-electron chi connectivity index (χ1n) is 6.99. The third-order valence-electron chi connectivity index (χ3n) is 3.57. The molecule has 0 aliphatic carbocycles. The van der Waals surface area contributed by atoms with Gasteiger partial charge in [0.25, 0.3) is 0 Å². The molecule has 1 atom stereocenters. The van der Waals surface area contributed by atoms with Crippen LogP contribution in [0, 0.1) is 0 Å². The van der Waals surface area contributed by atoms with Gasteiger partial charge >= 0.3 is 0 Å². The Bertz CT molecular complexity index is 431. The van der Waals surface area contributed by atoms with E-state index in [1.54, 1.807) is 6.92 Å². The van der Waals surface area contributed by atoms with Crippen LogP contribution < -0.4 is 11.1 Å². The van der Waals surface area contributed by atoms with Crippen LogP contribution in [0.15, 0.2) is 24.3 Å². The molecule has 19 heavy (non-hydrogen) atoms. The fourth-order valence-electron chi connectivity index (χ4n) is 2.42. The Morgan fingerprint density at radius 3 is 2.89 bits per heavy atom. The molecular formula is C15H23N3O. The fraction of sp³-hybridized carbons (Fsp3) is 0.533. The van der Waals surface area contributed by atoms with Gasteiger partial charge in [-0.3, -0.25) is 9.69 Å². The number of nitrogens with zero attached hydrogens (tertiary/aromatic N) is 1. The number of amides is 1. The molecule has 4 nitrogen and oxygen atoms in total. The lowest BCUT2D eigenvalue weighted by Gasteiger charge is -2.28. The number of carbonyl (C=O) groups excluding carboxylic acids is 1. The molecule has 1 amide bonds. The molecule has 104 valence electrons. The van der Waals surface area contributed by atoms with E-state index in [9.17, 15) is 4.79 Å². The van der Waals surface area contributed by atoms with Crippen molar-refractivity contribution in [2.75, 3.05) is 19.6 Å². The molecule has 0 aromatic heterocycles. The van der Waals surface area contributed by atoms with E-state index in [1.807, 2.05) is 0 Å². The van der Waals surface area contributed by atoms with Crippen molar-refractivity contribution in [3.8, 4) is 0 Å². The molecule has 0 bridgehead atoms. The molecule has 2 rings (SSSR count). The lowest BCUT2D eigenvalue weighted by atomic mass is 10.00. The SMILES string of the molecule is CC(N)C(=O)NCCCN1CCc2ccccc2C1. The second-order valence-electron chi connectivity index (χ2n) is 5.23. The molecule has 0 fully saturated rings. The van der Waals surface area contributed by atoms with E-state index in [2.05, 4.69) is 34.5 Å². The van der Waals surface area contributed by atoms with Crippen LogP contribution in [0.5, 0.6) is 0 Å². The summed E-state index contributed by atoms with van der Waals surface area (Å²) in [5.74, 6) is -0.0658. The fourth-order valence-corrected chi connectivity index (χ4v) is 2.42.